The van der Waals surface area contributed by atoms with Crippen molar-refractivity contribution in [2.24, 2.45) is 0 Å². The number of benzene rings is 2. The zero-order chi connectivity index (χ0) is 25.9. The van der Waals surface area contributed by atoms with E-state index in [1.54, 1.807) is 7.11 Å². The van der Waals surface area contributed by atoms with E-state index in [-0.39, 0.29) is 5.41 Å². The minimum atomic E-state index is -0.860. The summed E-state index contributed by atoms with van der Waals surface area (Å²) in [5.74, 6) is 8.13. The Morgan fingerprint density at radius 3 is 2.59 bits per heavy atom. The summed E-state index contributed by atoms with van der Waals surface area (Å²) < 4.78 is 10.6. The first-order valence-corrected chi connectivity index (χ1v) is 12.7. The zero-order valence-electron chi connectivity index (χ0n) is 21.6. The highest BCUT2D eigenvalue weighted by molar-refractivity contribution is 5.71. The number of aliphatic hydroxyl groups is 1. The van der Waals surface area contributed by atoms with Crippen molar-refractivity contribution in [1.29, 1.82) is 0 Å². The molecule has 8 nitrogen and oxygen atoms in total. The number of anilines is 4. The maximum atomic E-state index is 10.6. The maximum absolute atomic E-state index is 10.6. The quantitative estimate of drug-likeness (QED) is 0.356. The highest BCUT2D eigenvalue weighted by Gasteiger charge is 2.37. The smallest absolute Gasteiger partial charge is 0.234 e. The molecule has 2 heterocycles. The van der Waals surface area contributed by atoms with Crippen LogP contribution in [0.1, 0.15) is 50.7 Å². The van der Waals surface area contributed by atoms with E-state index < -0.39 is 5.60 Å². The first-order valence-electron chi connectivity index (χ1n) is 12.7. The summed E-state index contributed by atoms with van der Waals surface area (Å²) >= 11 is 0. The lowest BCUT2D eigenvalue weighted by atomic mass is 9.86. The molecule has 5 rings (SSSR count). The number of nitrogens with one attached hydrogen (secondary N) is 1. The number of ether oxygens (including phenoxy) is 2. The fraction of sp³-hybridized carbons (Fsp3) is 0.414. The van der Waals surface area contributed by atoms with Gasteiger partial charge in [0.25, 0.3) is 0 Å². The average Bonchev–Trinajstić information content (AvgIpc) is 3.45. The van der Waals surface area contributed by atoms with Crippen LogP contribution in [0.25, 0.3) is 0 Å². The van der Waals surface area contributed by atoms with Crippen molar-refractivity contribution >= 4 is 23.3 Å². The summed E-state index contributed by atoms with van der Waals surface area (Å²) in [5, 5.41) is 13.9. The lowest BCUT2D eigenvalue weighted by Gasteiger charge is -2.20. The van der Waals surface area contributed by atoms with Crippen molar-refractivity contribution in [2.45, 2.75) is 50.5 Å². The van der Waals surface area contributed by atoms with Gasteiger partial charge in [0.05, 0.1) is 6.61 Å². The van der Waals surface area contributed by atoms with Crippen LogP contribution < -0.4 is 15.0 Å². The van der Waals surface area contributed by atoms with Gasteiger partial charge in [0.2, 0.25) is 11.9 Å². The van der Waals surface area contributed by atoms with Crippen molar-refractivity contribution < 1.29 is 14.6 Å². The monoisotopic (exact) mass is 499 g/mol. The summed E-state index contributed by atoms with van der Waals surface area (Å²) in [4.78, 5) is 15.6. The molecule has 2 N–H and O–H groups in total. The fourth-order valence-corrected chi connectivity index (χ4v) is 4.91. The molecule has 1 aromatic heterocycles. The van der Waals surface area contributed by atoms with Crippen LogP contribution in [0.5, 0.6) is 5.75 Å². The molecule has 1 aliphatic carbocycles. The van der Waals surface area contributed by atoms with Gasteiger partial charge in [-0.2, -0.15) is 4.98 Å². The lowest BCUT2D eigenvalue weighted by Crippen LogP contribution is -2.26. The van der Waals surface area contributed by atoms with Crippen molar-refractivity contribution in [3.8, 4) is 17.6 Å². The number of methoxy groups -OCH3 is 1. The minimum absolute atomic E-state index is 0.0795. The third kappa shape index (κ3) is 5.68. The highest BCUT2D eigenvalue weighted by atomic mass is 16.5. The van der Waals surface area contributed by atoms with E-state index in [4.69, 9.17) is 14.5 Å². The van der Waals surface area contributed by atoms with Gasteiger partial charge in [-0.1, -0.05) is 31.8 Å². The topological polar surface area (TPSA) is 92.6 Å². The van der Waals surface area contributed by atoms with Crippen LogP contribution in [0.2, 0.25) is 0 Å². The molecule has 0 bridgehead atoms. The van der Waals surface area contributed by atoms with Gasteiger partial charge in [0, 0.05) is 36.0 Å². The third-order valence-corrected chi connectivity index (χ3v) is 6.91. The summed E-state index contributed by atoms with van der Waals surface area (Å²) in [6.45, 7) is 6.21. The van der Waals surface area contributed by atoms with Gasteiger partial charge in [-0.25, -0.2) is 9.97 Å². The zero-order valence-corrected chi connectivity index (χ0v) is 21.6. The predicted octanol–water partition coefficient (Wildman–Crippen LogP) is 4.73. The van der Waals surface area contributed by atoms with E-state index in [2.05, 4.69) is 58.0 Å². The molecular formula is C29H33N5O3. The lowest BCUT2D eigenvalue weighted by molar-refractivity contribution is 0.110. The Labute approximate surface area is 218 Å². The average molecular weight is 500 g/mol. The molecule has 0 spiro atoms. The Morgan fingerprint density at radius 1 is 1.05 bits per heavy atom. The van der Waals surface area contributed by atoms with Crippen LogP contribution in [0, 0.1) is 11.8 Å². The Hall–Kier alpha value is -3.67. The van der Waals surface area contributed by atoms with Crippen LogP contribution in [-0.4, -0.2) is 52.5 Å². The number of nitrogens with zero attached hydrogens (tertiary/aromatic N) is 4. The summed E-state index contributed by atoms with van der Waals surface area (Å²) in [7, 11) is 1.65. The third-order valence-electron chi connectivity index (χ3n) is 6.91. The van der Waals surface area contributed by atoms with Crippen LogP contribution in [0.3, 0.4) is 0 Å². The Bertz CT molecular complexity index is 1310. The van der Waals surface area contributed by atoms with Gasteiger partial charge >= 0.3 is 0 Å². The normalized spacial score (nSPS) is 17.1. The van der Waals surface area contributed by atoms with Gasteiger partial charge in [-0.3, -0.25) is 0 Å². The van der Waals surface area contributed by atoms with Gasteiger partial charge < -0.3 is 24.8 Å². The summed E-state index contributed by atoms with van der Waals surface area (Å²) in [5.41, 5.74) is 3.04. The molecule has 37 heavy (non-hydrogen) atoms. The molecule has 2 aromatic carbocycles. The van der Waals surface area contributed by atoms with Crippen LogP contribution in [0.4, 0.5) is 23.3 Å². The van der Waals surface area contributed by atoms with Gasteiger partial charge in [0.15, 0.2) is 0 Å². The maximum Gasteiger partial charge on any atom is 0.234 e. The molecule has 0 amide bonds. The standard InChI is InChI=1S/C29H33N5O3/c1-28(2)19-34(25-18-21(6-11-24(25)28)12-15-29(35)13-4-5-14-29)27-31-20-30-26(33-27)32-22-7-9-23(10-8-22)37-17-16-36-3/h6-11,18,20,35H,4-5,13-14,16-17,19H2,1-3H3,(H,30,31,32,33). The molecule has 2 aliphatic rings. The largest absolute Gasteiger partial charge is 0.491 e. The highest BCUT2D eigenvalue weighted by Crippen LogP contribution is 2.43. The van der Waals surface area contributed by atoms with E-state index in [1.807, 2.05) is 30.3 Å². The van der Waals surface area contributed by atoms with Crippen molar-refractivity contribution in [1.82, 2.24) is 15.0 Å². The Balaban J connectivity index is 1.36. The van der Waals surface area contributed by atoms with Gasteiger partial charge in [0.1, 0.15) is 24.3 Å². The molecule has 0 radical (unpaired) electrons. The number of hydrogen-bond acceptors (Lipinski definition) is 8. The second kappa shape index (κ2) is 10.4. The van der Waals surface area contributed by atoms with E-state index in [0.717, 1.165) is 54.9 Å². The Morgan fingerprint density at radius 2 is 1.84 bits per heavy atom. The van der Waals surface area contributed by atoms with Crippen LogP contribution in [0.15, 0.2) is 48.8 Å². The number of rotatable bonds is 7. The molecule has 3 aromatic rings. The first-order chi connectivity index (χ1) is 17.9. The number of aromatic nitrogens is 3. The molecule has 0 saturated heterocycles. The first kappa shape index (κ1) is 25.0. The van der Waals surface area contributed by atoms with E-state index >= 15 is 0 Å². The summed E-state index contributed by atoms with van der Waals surface area (Å²) in [6, 6.07) is 13.9. The molecule has 8 heteroatoms. The molecule has 192 valence electrons. The molecule has 1 aliphatic heterocycles. The molecule has 0 unspecified atom stereocenters. The minimum Gasteiger partial charge on any atom is -0.491 e. The van der Waals surface area contributed by atoms with E-state index in [1.165, 1.54) is 11.9 Å². The van der Waals surface area contributed by atoms with Crippen molar-refractivity contribution in [3.63, 3.8) is 0 Å². The number of hydrogen-bond donors (Lipinski definition) is 2. The predicted molar refractivity (Wildman–Crippen MR) is 144 cm³/mol. The van der Waals surface area contributed by atoms with Crippen molar-refractivity contribution in [2.75, 3.05) is 37.1 Å². The molecule has 0 atom stereocenters. The second-order valence-corrected chi connectivity index (χ2v) is 10.3. The summed E-state index contributed by atoms with van der Waals surface area (Å²) in [6.07, 6.45) is 5.07. The van der Waals surface area contributed by atoms with Gasteiger partial charge in [-0.15, -0.1) is 0 Å². The molecule has 1 saturated carbocycles. The van der Waals surface area contributed by atoms with Gasteiger partial charge in [-0.05, 0) is 67.6 Å². The SMILES string of the molecule is COCCOc1ccc(Nc2ncnc(N3CC(C)(C)c4ccc(C#CC5(O)CCCC5)cc43)n2)cc1. The van der Waals surface area contributed by atoms with Crippen LogP contribution >= 0.6 is 0 Å². The van der Waals surface area contributed by atoms with Crippen LogP contribution in [-0.2, 0) is 10.2 Å². The fourth-order valence-electron chi connectivity index (χ4n) is 4.91. The Kier molecular flexibility index (Phi) is 7.00. The molecule has 1 fully saturated rings. The van der Waals surface area contributed by atoms with Crippen molar-refractivity contribution in [3.05, 3.63) is 59.9 Å². The molecular weight excluding hydrogens is 466 g/mol. The second-order valence-electron chi connectivity index (χ2n) is 10.3. The van der Waals surface area contributed by atoms with E-state index in [9.17, 15) is 5.11 Å². The number of fused-ring (bicyclic) bond motifs is 1. The van der Waals surface area contributed by atoms with E-state index in [0.29, 0.717) is 25.1 Å².